The van der Waals surface area contributed by atoms with E-state index in [0.717, 1.165) is 4.90 Å². The van der Waals surface area contributed by atoms with Crippen LogP contribution in [-0.4, -0.2) is 25.3 Å². The molecule has 3 rings (SSSR count). The number of hydrogen-bond donors (Lipinski definition) is 0. The maximum absolute atomic E-state index is 13.7. The van der Waals surface area contributed by atoms with Crippen molar-refractivity contribution in [3.05, 3.63) is 94.8 Å². The minimum Gasteiger partial charge on any atom is -0.477 e. The first kappa shape index (κ1) is 21.9. The molecule has 0 aliphatic carbocycles. The average molecular weight is 435 g/mol. The molecule has 0 spiro atoms. The van der Waals surface area contributed by atoms with Gasteiger partial charge in [-0.2, -0.15) is 8.78 Å². The summed E-state index contributed by atoms with van der Waals surface area (Å²) in [5, 5.41) is 0. The van der Waals surface area contributed by atoms with E-state index in [2.05, 4.69) is 4.74 Å². The predicted octanol–water partition coefficient (Wildman–Crippen LogP) is 4.65. The van der Waals surface area contributed by atoms with E-state index in [9.17, 15) is 31.5 Å². The van der Waals surface area contributed by atoms with Crippen molar-refractivity contribution in [1.82, 2.24) is 0 Å². The molecule has 1 amide bonds. The summed E-state index contributed by atoms with van der Waals surface area (Å²) in [6, 6.07) is 14.3. The molecule has 9 heteroatoms. The largest absolute Gasteiger partial charge is 0.477 e. The minimum absolute atomic E-state index is 0.167. The molecule has 0 atom stereocenters. The number of rotatable bonds is 6. The number of hydrogen-bond acceptors (Lipinski definition) is 3. The number of ketones is 1. The maximum atomic E-state index is 13.7. The second-order valence-electron chi connectivity index (χ2n) is 6.35. The molecule has 31 heavy (non-hydrogen) atoms. The molecule has 0 aliphatic heterocycles. The van der Waals surface area contributed by atoms with Gasteiger partial charge < -0.3 is 9.64 Å². The Morgan fingerprint density at radius 2 is 1.29 bits per heavy atom. The van der Waals surface area contributed by atoms with Crippen molar-refractivity contribution in [2.45, 2.75) is 0 Å². The standard InChI is InChI=1S/C22H14F5NO3/c1-28(14-10-6-5-9-13(14)21(30)12-7-3-2-4-8-12)15(29)11-31-22-19(26)17(24)16(23)18(25)20(22)27/h2-10H,11H2,1H3. The predicted molar refractivity (Wildman–Crippen MR) is 101 cm³/mol. The van der Waals surface area contributed by atoms with Gasteiger partial charge in [0.05, 0.1) is 5.69 Å². The molecule has 0 bridgehead atoms. The summed E-state index contributed by atoms with van der Waals surface area (Å²) in [4.78, 5) is 26.2. The zero-order valence-corrected chi connectivity index (χ0v) is 16.0. The molecule has 0 N–H and O–H groups in total. The summed E-state index contributed by atoms with van der Waals surface area (Å²) >= 11 is 0. The molecule has 0 aliphatic rings. The van der Waals surface area contributed by atoms with Crippen LogP contribution in [-0.2, 0) is 4.79 Å². The van der Waals surface area contributed by atoms with E-state index in [0.29, 0.717) is 5.56 Å². The lowest BCUT2D eigenvalue weighted by Gasteiger charge is -2.20. The van der Waals surface area contributed by atoms with Gasteiger partial charge in [0.2, 0.25) is 29.1 Å². The van der Waals surface area contributed by atoms with Gasteiger partial charge in [-0.05, 0) is 12.1 Å². The number of halogens is 5. The number of para-hydroxylation sites is 1. The zero-order valence-electron chi connectivity index (χ0n) is 16.0. The van der Waals surface area contributed by atoms with Crippen molar-refractivity contribution in [3.63, 3.8) is 0 Å². The van der Waals surface area contributed by atoms with Gasteiger partial charge in [0.25, 0.3) is 5.91 Å². The number of anilines is 1. The summed E-state index contributed by atoms with van der Waals surface area (Å²) < 4.78 is 71.7. The Labute approximate surface area is 173 Å². The minimum atomic E-state index is -2.33. The summed E-state index contributed by atoms with van der Waals surface area (Å²) in [6.07, 6.45) is 0. The van der Waals surface area contributed by atoms with Crippen LogP contribution < -0.4 is 9.64 Å². The van der Waals surface area contributed by atoms with Crippen LogP contribution in [0.25, 0.3) is 0 Å². The van der Waals surface area contributed by atoms with Gasteiger partial charge in [-0.3, -0.25) is 9.59 Å². The summed E-state index contributed by atoms with van der Waals surface area (Å²) in [7, 11) is 1.28. The van der Waals surface area contributed by atoms with Crippen LogP contribution >= 0.6 is 0 Å². The molecule has 3 aromatic carbocycles. The molecule has 0 saturated heterocycles. The first-order valence-electron chi connectivity index (χ1n) is 8.83. The second-order valence-corrected chi connectivity index (χ2v) is 6.35. The number of carbonyl (C=O) groups is 2. The van der Waals surface area contributed by atoms with Gasteiger partial charge in [0.15, 0.2) is 18.1 Å². The molecule has 160 valence electrons. The third-order valence-corrected chi connectivity index (χ3v) is 4.43. The van der Waals surface area contributed by atoms with Gasteiger partial charge in [0.1, 0.15) is 0 Å². The fraction of sp³-hybridized carbons (Fsp3) is 0.0909. The molecule has 0 radical (unpaired) electrons. The topological polar surface area (TPSA) is 46.6 Å². The highest BCUT2D eigenvalue weighted by Gasteiger charge is 2.28. The third kappa shape index (κ3) is 4.25. The Morgan fingerprint density at radius 3 is 1.90 bits per heavy atom. The van der Waals surface area contributed by atoms with Crippen LogP contribution in [0.15, 0.2) is 54.6 Å². The highest BCUT2D eigenvalue weighted by atomic mass is 19.2. The zero-order chi connectivity index (χ0) is 22.7. The molecule has 0 aromatic heterocycles. The van der Waals surface area contributed by atoms with Crippen LogP contribution in [0.3, 0.4) is 0 Å². The van der Waals surface area contributed by atoms with Gasteiger partial charge >= 0.3 is 0 Å². The Morgan fingerprint density at radius 1 is 0.774 bits per heavy atom. The van der Waals surface area contributed by atoms with E-state index in [-0.39, 0.29) is 17.0 Å². The van der Waals surface area contributed by atoms with Gasteiger partial charge in [-0.15, -0.1) is 0 Å². The highest BCUT2D eigenvalue weighted by molar-refractivity contribution is 6.14. The molecular formula is C22H14F5NO3. The highest BCUT2D eigenvalue weighted by Crippen LogP contribution is 2.29. The maximum Gasteiger partial charge on any atom is 0.264 e. The van der Waals surface area contributed by atoms with Crippen LogP contribution in [0.5, 0.6) is 5.75 Å². The van der Waals surface area contributed by atoms with E-state index in [1.807, 2.05) is 0 Å². The third-order valence-electron chi connectivity index (χ3n) is 4.43. The number of carbonyl (C=O) groups excluding carboxylic acids is 2. The molecular weight excluding hydrogens is 421 g/mol. The van der Waals surface area contributed by atoms with E-state index >= 15 is 0 Å². The Hall–Kier alpha value is -3.75. The molecule has 0 heterocycles. The number of likely N-dealkylation sites (N-methyl/N-ethyl adjacent to an activating group) is 1. The number of ether oxygens (including phenoxy) is 1. The monoisotopic (exact) mass is 435 g/mol. The number of amides is 1. The molecule has 0 unspecified atom stereocenters. The van der Waals surface area contributed by atoms with E-state index in [4.69, 9.17) is 0 Å². The molecule has 0 saturated carbocycles. The number of benzene rings is 3. The number of nitrogens with zero attached hydrogens (tertiary/aromatic N) is 1. The first-order chi connectivity index (χ1) is 14.7. The smallest absolute Gasteiger partial charge is 0.264 e. The summed E-state index contributed by atoms with van der Waals surface area (Å²) in [5.74, 6) is -13.9. The Balaban J connectivity index is 1.83. The van der Waals surface area contributed by atoms with Crippen LogP contribution in [0.1, 0.15) is 15.9 Å². The summed E-state index contributed by atoms with van der Waals surface area (Å²) in [6.45, 7) is -1.04. The van der Waals surface area contributed by atoms with Crippen molar-refractivity contribution >= 4 is 17.4 Å². The van der Waals surface area contributed by atoms with Gasteiger partial charge in [-0.1, -0.05) is 42.5 Å². The second kappa shape index (κ2) is 8.95. The lowest BCUT2D eigenvalue weighted by atomic mass is 10.0. The normalized spacial score (nSPS) is 10.6. The lowest BCUT2D eigenvalue weighted by molar-refractivity contribution is -0.120. The average Bonchev–Trinajstić information content (AvgIpc) is 2.80. The molecule has 3 aromatic rings. The van der Waals surface area contributed by atoms with Crippen molar-refractivity contribution in [1.29, 1.82) is 0 Å². The fourth-order valence-corrected chi connectivity index (χ4v) is 2.78. The van der Waals surface area contributed by atoms with Crippen molar-refractivity contribution in [2.24, 2.45) is 0 Å². The quantitative estimate of drug-likeness (QED) is 0.245. The van der Waals surface area contributed by atoms with Crippen LogP contribution in [0, 0.1) is 29.1 Å². The van der Waals surface area contributed by atoms with Crippen molar-refractivity contribution in [2.75, 3.05) is 18.6 Å². The van der Waals surface area contributed by atoms with Crippen LogP contribution in [0.2, 0.25) is 0 Å². The van der Waals surface area contributed by atoms with Gasteiger partial charge in [0, 0.05) is 18.2 Å². The van der Waals surface area contributed by atoms with E-state index in [1.165, 1.54) is 19.2 Å². The Bertz CT molecular complexity index is 1120. The Kier molecular flexibility index (Phi) is 6.33. The van der Waals surface area contributed by atoms with Crippen LogP contribution in [0.4, 0.5) is 27.6 Å². The van der Waals surface area contributed by atoms with Crippen molar-refractivity contribution in [3.8, 4) is 5.75 Å². The molecule has 4 nitrogen and oxygen atoms in total. The first-order valence-corrected chi connectivity index (χ1v) is 8.83. The molecule has 0 fully saturated rings. The fourth-order valence-electron chi connectivity index (χ4n) is 2.78. The van der Waals surface area contributed by atoms with E-state index < -0.39 is 47.3 Å². The lowest BCUT2D eigenvalue weighted by Crippen LogP contribution is -2.32. The van der Waals surface area contributed by atoms with Crippen molar-refractivity contribution < 1.29 is 36.3 Å². The summed E-state index contributed by atoms with van der Waals surface area (Å²) in [5.41, 5.74) is 0.705. The van der Waals surface area contributed by atoms with Gasteiger partial charge in [-0.25, -0.2) is 13.2 Å². The van der Waals surface area contributed by atoms with E-state index in [1.54, 1.807) is 42.5 Å². The SMILES string of the molecule is CN(C(=O)COc1c(F)c(F)c(F)c(F)c1F)c1ccccc1C(=O)c1ccccc1.